The molecule has 156 valence electrons. The lowest BCUT2D eigenvalue weighted by molar-refractivity contribution is -0.0336. The van der Waals surface area contributed by atoms with Crippen LogP contribution < -0.4 is 11.1 Å². The topological polar surface area (TPSA) is 93.5 Å². The van der Waals surface area contributed by atoms with Crippen LogP contribution in [0.3, 0.4) is 0 Å². The summed E-state index contributed by atoms with van der Waals surface area (Å²) in [5.74, 6) is -2.74. The third-order valence-corrected chi connectivity index (χ3v) is 4.89. The fourth-order valence-corrected chi connectivity index (χ4v) is 3.06. The first-order valence-electron chi connectivity index (χ1n) is 8.50. The molecule has 0 unspecified atom stereocenters. The summed E-state index contributed by atoms with van der Waals surface area (Å²) in [5, 5.41) is 1.48. The smallest absolute Gasteiger partial charge is 0.352 e. The standard InChI is InChI=1S/C18H17F5N4O2/c1-16(4-5-17(21,8-19)15(24)27-16)11-6-10(2-3-12(11)20)18(22,23)26-14(28)13-7-29-9-25-13/h2-3,6-7,9H,4-5,8H2,1H3,(H2,24,27)(H,26,28)/t16-,17+/m0/s1. The van der Waals surface area contributed by atoms with E-state index in [9.17, 15) is 26.7 Å². The average Bonchev–Trinajstić information content (AvgIpc) is 3.20. The van der Waals surface area contributed by atoms with Crippen LogP contribution in [0.1, 0.15) is 41.4 Å². The highest BCUT2D eigenvalue weighted by molar-refractivity contribution is 5.92. The Morgan fingerprint density at radius 2 is 2.10 bits per heavy atom. The number of hydrogen-bond donors (Lipinski definition) is 2. The Kier molecular flexibility index (Phi) is 5.10. The number of rotatable bonds is 5. The number of benzene rings is 1. The molecule has 1 aromatic carbocycles. The van der Waals surface area contributed by atoms with Gasteiger partial charge in [-0.05, 0) is 38.0 Å². The molecule has 29 heavy (non-hydrogen) atoms. The molecule has 0 saturated carbocycles. The molecule has 3 N–H and O–H groups in total. The van der Waals surface area contributed by atoms with Gasteiger partial charge in [-0.2, -0.15) is 8.78 Å². The van der Waals surface area contributed by atoms with Crippen molar-refractivity contribution in [2.45, 2.75) is 37.0 Å². The first-order valence-corrected chi connectivity index (χ1v) is 8.50. The Morgan fingerprint density at radius 1 is 1.38 bits per heavy atom. The van der Waals surface area contributed by atoms with E-state index in [0.29, 0.717) is 0 Å². The molecule has 11 heteroatoms. The molecule has 2 heterocycles. The van der Waals surface area contributed by atoms with Crippen molar-refractivity contribution in [2.24, 2.45) is 10.7 Å². The number of carbonyl (C=O) groups excluding carboxylic acids is 1. The van der Waals surface area contributed by atoms with E-state index in [1.54, 1.807) is 0 Å². The summed E-state index contributed by atoms with van der Waals surface area (Å²) in [6.07, 6.45) is 1.23. The third kappa shape index (κ3) is 3.81. The van der Waals surface area contributed by atoms with Gasteiger partial charge in [-0.15, -0.1) is 0 Å². The molecule has 0 saturated heterocycles. The van der Waals surface area contributed by atoms with E-state index in [1.807, 2.05) is 0 Å². The minimum Gasteiger partial charge on any atom is -0.451 e. The number of aromatic nitrogens is 1. The summed E-state index contributed by atoms with van der Waals surface area (Å²) in [7, 11) is 0. The predicted octanol–water partition coefficient (Wildman–Crippen LogP) is 3.34. The maximum absolute atomic E-state index is 14.6. The van der Waals surface area contributed by atoms with Crippen LogP contribution in [0.25, 0.3) is 0 Å². The van der Waals surface area contributed by atoms with Crippen LogP contribution in [0, 0.1) is 5.82 Å². The monoisotopic (exact) mass is 416 g/mol. The molecule has 1 aliphatic heterocycles. The lowest BCUT2D eigenvalue weighted by atomic mass is 9.80. The zero-order valence-electron chi connectivity index (χ0n) is 15.2. The van der Waals surface area contributed by atoms with Crippen LogP contribution in [0.2, 0.25) is 0 Å². The van der Waals surface area contributed by atoms with E-state index in [-0.39, 0.29) is 17.7 Å². The largest absolute Gasteiger partial charge is 0.451 e. The molecule has 0 bridgehead atoms. The number of hydrogen-bond acceptors (Lipinski definition) is 5. The molecule has 2 aromatic rings. The van der Waals surface area contributed by atoms with Gasteiger partial charge in [-0.3, -0.25) is 15.1 Å². The van der Waals surface area contributed by atoms with Gasteiger partial charge in [-0.25, -0.2) is 18.2 Å². The predicted molar refractivity (Wildman–Crippen MR) is 92.3 cm³/mol. The van der Waals surface area contributed by atoms with Gasteiger partial charge in [0.25, 0.3) is 5.91 Å². The Labute approximate surface area is 162 Å². The fourth-order valence-electron chi connectivity index (χ4n) is 3.06. The second-order valence-electron chi connectivity index (χ2n) is 6.97. The fraction of sp³-hybridized carbons (Fsp3) is 0.389. The molecule has 2 atom stereocenters. The maximum atomic E-state index is 14.6. The third-order valence-electron chi connectivity index (χ3n) is 4.89. The number of amidine groups is 1. The number of halogens is 5. The van der Waals surface area contributed by atoms with Crippen molar-refractivity contribution in [3.05, 3.63) is 53.5 Å². The number of nitrogens with zero attached hydrogens (tertiary/aromatic N) is 2. The van der Waals surface area contributed by atoms with E-state index < -0.39 is 53.5 Å². The second-order valence-corrected chi connectivity index (χ2v) is 6.97. The second kappa shape index (κ2) is 7.12. The van der Waals surface area contributed by atoms with Crippen molar-refractivity contribution >= 4 is 11.7 Å². The van der Waals surface area contributed by atoms with E-state index in [1.165, 1.54) is 12.2 Å². The molecule has 1 aliphatic rings. The number of nitrogens with one attached hydrogen (secondary N) is 1. The maximum Gasteiger partial charge on any atom is 0.352 e. The van der Waals surface area contributed by atoms with Crippen LogP contribution in [-0.2, 0) is 11.6 Å². The molecule has 3 rings (SSSR count). The summed E-state index contributed by atoms with van der Waals surface area (Å²) in [5.41, 5.74) is 0.185. The first kappa shape index (κ1) is 20.7. The highest BCUT2D eigenvalue weighted by Crippen LogP contribution is 2.41. The molecule has 1 aromatic heterocycles. The molecule has 0 fully saturated rings. The normalized spacial score (nSPS) is 24.8. The summed E-state index contributed by atoms with van der Waals surface area (Å²) in [6.45, 7) is -0.0148. The molecular formula is C18H17F5N4O2. The average molecular weight is 416 g/mol. The zero-order valence-corrected chi connectivity index (χ0v) is 15.2. The van der Waals surface area contributed by atoms with Gasteiger partial charge in [0.15, 0.2) is 17.8 Å². The molecule has 0 radical (unpaired) electrons. The van der Waals surface area contributed by atoms with Gasteiger partial charge in [-0.1, -0.05) is 0 Å². The Hall–Kier alpha value is -2.98. The number of nitrogens with two attached hydrogens (primary N) is 1. The zero-order chi connectivity index (χ0) is 21.4. The molecule has 6 nitrogen and oxygen atoms in total. The number of carbonyl (C=O) groups is 1. The van der Waals surface area contributed by atoms with Crippen molar-refractivity contribution in [1.29, 1.82) is 0 Å². The van der Waals surface area contributed by atoms with Crippen LogP contribution in [0.15, 0.2) is 40.3 Å². The SMILES string of the molecule is C[C@@]1(c2cc(C(F)(F)NC(=O)c3cocn3)ccc2F)CC[C@@](F)(CF)C(N)=N1. The van der Waals surface area contributed by atoms with Crippen molar-refractivity contribution in [2.75, 3.05) is 6.67 Å². The van der Waals surface area contributed by atoms with Crippen LogP contribution in [-0.4, -0.2) is 29.1 Å². The minimum absolute atomic E-state index is 0.161. The molecular weight excluding hydrogens is 399 g/mol. The number of alkyl halides is 4. The lowest BCUT2D eigenvalue weighted by Gasteiger charge is -2.36. The van der Waals surface area contributed by atoms with E-state index in [2.05, 4.69) is 14.4 Å². The van der Waals surface area contributed by atoms with Gasteiger partial charge >= 0.3 is 6.05 Å². The minimum atomic E-state index is -3.89. The summed E-state index contributed by atoms with van der Waals surface area (Å²) in [6, 6.07) is -1.50. The molecule has 0 spiro atoms. The van der Waals surface area contributed by atoms with Gasteiger partial charge in [0.05, 0.1) is 5.54 Å². The quantitative estimate of drug-likeness (QED) is 0.578. The number of aliphatic imine (C=N–C) groups is 1. The van der Waals surface area contributed by atoms with Crippen molar-refractivity contribution < 1.29 is 31.2 Å². The first-order chi connectivity index (χ1) is 13.5. The number of amides is 1. The lowest BCUT2D eigenvalue weighted by Crippen LogP contribution is -2.48. The Balaban J connectivity index is 1.95. The Bertz CT molecular complexity index is 950. The van der Waals surface area contributed by atoms with Crippen molar-refractivity contribution in [1.82, 2.24) is 10.3 Å². The van der Waals surface area contributed by atoms with Crippen LogP contribution >= 0.6 is 0 Å². The molecule has 0 aliphatic carbocycles. The highest BCUT2D eigenvalue weighted by atomic mass is 19.3. The Morgan fingerprint density at radius 3 is 2.69 bits per heavy atom. The molecule has 1 amide bonds. The van der Waals surface area contributed by atoms with E-state index >= 15 is 0 Å². The van der Waals surface area contributed by atoms with Crippen molar-refractivity contribution in [3.63, 3.8) is 0 Å². The number of oxazole rings is 1. The highest BCUT2D eigenvalue weighted by Gasteiger charge is 2.45. The van der Waals surface area contributed by atoms with Gasteiger partial charge < -0.3 is 10.2 Å². The van der Waals surface area contributed by atoms with Crippen LogP contribution in [0.5, 0.6) is 0 Å². The van der Waals surface area contributed by atoms with Gasteiger partial charge in [0.1, 0.15) is 24.6 Å². The summed E-state index contributed by atoms with van der Waals surface area (Å²) in [4.78, 5) is 19.2. The van der Waals surface area contributed by atoms with E-state index in [4.69, 9.17) is 5.73 Å². The van der Waals surface area contributed by atoms with Gasteiger partial charge in [0, 0.05) is 11.1 Å². The van der Waals surface area contributed by atoms with E-state index in [0.717, 1.165) is 30.9 Å². The summed E-state index contributed by atoms with van der Waals surface area (Å²) < 4.78 is 75.4. The van der Waals surface area contributed by atoms with Crippen molar-refractivity contribution in [3.8, 4) is 0 Å². The van der Waals surface area contributed by atoms with Gasteiger partial charge in [0.2, 0.25) is 0 Å². The summed E-state index contributed by atoms with van der Waals surface area (Å²) >= 11 is 0. The van der Waals surface area contributed by atoms with Crippen LogP contribution in [0.4, 0.5) is 22.0 Å².